The zero-order chi connectivity index (χ0) is 13.1. The van der Waals surface area contributed by atoms with E-state index in [1.165, 1.54) is 0 Å². The standard InChI is InChI=1S/C14H25N3O/c1-3-11-17-12-9-16-14(17)7-5-4-6-8-15-10-13-18-2/h4-5,9,12,15H,3,6-8,10-11,13H2,1-2H3. The monoisotopic (exact) mass is 251 g/mol. The molecule has 0 amide bonds. The Kier molecular flexibility index (Phi) is 8.17. The van der Waals surface area contributed by atoms with E-state index < -0.39 is 0 Å². The van der Waals surface area contributed by atoms with Gasteiger partial charge in [-0.15, -0.1) is 0 Å². The summed E-state index contributed by atoms with van der Waals surface area (Å²) in [5.74, 6) is 1.15. The van der Waals surface area contributed by atoms with Crippen LogP contribution >= 0.6 is 0 Å². The van der Waals surface area contributed by atoms with Gasteiger partial charge in [-0.1, -0.05) is 19.1 Å². The zero-order valence-corrected chi connectivity index (χ0v) is 11.6. The summed E-state index contributed by atoms with van der Waals surface area (Å²) in [6.07, 6.45) is 11.5. The number of imidazole rings is 1. The summed E-state index contributed by atoms with van der Waals surface area (Å²) in [5.41, 5.74) is 0. The number of rotatable bonds is 10. The van der Waals surface area contributed by atoms with Crippen molar-refractivity contribution in [1.82, 2.24) is 14.9 Å². The molecule has 0 bridgehead atoms. The van der Waals surface area contributed by atoms with E-state index in [1.54, 1.807) is 7.11 Å². The molecule has 0 aliphatic rings. The van der Waals surface area contributed by atoms with Crippen molar-refractivity contribution in [1.29, 1.82) is 0 Å². The molecule has 0 saturated carbocycles. The average Bonchev–Trinajstić information content (AvgIpc) is 2.81. The largest absolute Gasteiger partial charge is 0.383 e. The number of allylic oxidation sites excluding steroid dienone is 1. The second-order valence-corrected chi connectivity index (χ2v) is 4.24. The lowest BCUT2D eigenvalue weighted by molar-refractivity contribution is 0.199. The molecule has 1 aromatic heterocycles. The maximum absolute atomic E-state index is 4.96. The molecule has 0 fully saturated rings. The first-order valence-corrected chi connectivity index (χ1v) is 6.73. The molecule has 1 aromatic rings. The van der Waals surface area contributed by atoms with Crippen LogP contribution in [0.3, 0.4) is 0 Å². The highest BCUT2D eigenvalue weighted by Gasteiger charge is 1.98. The molecular weight excluding hydrogens is 226 g/mol. The van der Waals surface area contributed by atoms with E-state index in [0.29, 0.717) is 0 Å². The Morgan fingerprint density at radius 3 is 3.06 bits per heavy atom. The van der Waals surface area contributed by atoms with Gasteiger partial charge in [0.15, 0.2) is 0 Å². The number of hydrogen-bond donors (Lipinski definition) is 1. The summed E-state index contributed by atoms with van der Waals surface area (Å²) in [7, 11) is 1.72. The predicted molar refractivity (Wildman–Crippen MR) is 74.7 cm³/mol. The van der Waals surface area contributed by atoms with Crippen molar-refractivity contribution in [3.05, 3.63) is 30.4 Å². The Balaban J connectivity index is 2.13. The molecule has 0 unspecified atom stereocenters. The highest BCUT2D eigenvalue weighted by Crippen LogP contribution is 2.01. The Labute approximate surface area is 110 Å². The van der Waals surface area contributed by atoms with Gasteiger partial charge in [0.1, 0.15) is 5.82 Å². The van der Waals surface area contributed by atoms with E-state index in [-0.39, 0.29) is 0 Å². The van der Waals surface area contributed by atoms with E-state index in [0.717, 1.165) is 51.3 Å². The summed E-state index contributed by atoms with van der Waals surface area (Å²) in [6.45, 7) is 5.94. The molecule has 0 spiro atoms. The Hall–Kier alpha value is -1.13. The van der Waals surface area contributed by atoms with Crippen molar-refractivity contribution in [2.45, 2.75) is 32.7 Å². The van der Waals surface area contributed by atoms with Crippen LogP contribution in [0, 0.1) is 0 Å². The maximum atomic E-state index is 4.96. The summed E-state index contributed by atoms with van der Waals surface area (Å²) >= 11 is 0. The van der Waals surface area contributed by atoms with Crippen LogP contribution in [-0.2, 0) is 17.7 Å². The van der Waals surface area contributed by atoms with Crippen LogP contribution in [0.4, 0.5) is 0 Å². The fraction of sp³-hybridized carbons (Fsp3) is 0.643. The van der Waals surface area contributed by atoms with E-state index in [4.69, 9.17) is 4.74 Å². The third-order valence-corrected chi connectivity index (χ3v) is 2.70. The smallest absolute Gasteiger partial charge is 0.112 e. The van der Waals surface area contributed by atoms with Crippen LogP contribution < -0.4 is 5.32 Å². The van der Waals surface area contributed by atoms with Gasteiger partial charge in [0.05, 0.1) is 6.61 Å². The van der Waals surface area contributed by atoms with E-state index in [1.807, 2.05) is 6.20 Å². The molecule has 18 heavy (non-hydrogen) atoms. The van der Waals surface area contributed by atoms with E-state index in [9.17, 15) is 0 Å². The minimum atomic E-state index is 0.776. The van der Waals surface area contributed by atoms with E-state index in [2.05, 4.69) is 40.1 Å². The fourth-order valence-corrected chi connectivity index (χ4v) is 1.77. The van der Waals surface area contributed by atoms with Crippen LogP contribution in [0.15, 0.2) is 24.5 Å². The third kappa shape index (κ3) is 5.98. The molecule has 102 valence electrons. The van der Waals surface area contributed by atoms with Gasteiger partial charge in [-0.2, -0.15) is 0 Å². The molecular formula is C14H25N3O. The molecule has 0 aromatic carbocycles. The zero-order valence-electron chi connectivity index (χ0n) is 11.6. The summed E-state index contributed by atoms with van der Waals surface area (Å²) in [6, 6.07) is 0. The van der Waals surface area contributed by atoms with Gasteiger partial charge in [-0.3, -0.25) is 0 Å². The number of aryl methyl sites for hydroxylation is 1. The number of methoxy groups -OCH3 is 1. The van der Waals surface area contributed by atoms with Crippen molar-refractivity contribution in [2.75, 3.05) is 26.8 Å². The lowest BCUT2D eigenvalue weighted by atomic mass is 10.3. The topological polar surface area (TPSA) is 39.1 Å². The molecule has 0 radical (unpaired) electrons. The first-order valence-electron chi connectivity index (χ1n) is 6.73. The Morgan fingerprint density at radius 2 is 2.28 bits per heavy atom. The number of aromatic nitrogens is 2. The first kappa shape index (κ1) is 14.9. The molecule has 0 saturated heterocycles. The molecule has 0 aliphatic heterocycles. The summed E-state index contributed by atoms with van der Waals surface area (Å²) in [4.78, 5) is 4.37. The molecule has 4 heteroatoms. The highest BCUT2D eigenvalue weighted by atomic mass is 16.5. The number of nitrogens with one attached hydrogen (secondary N) is 1. The van der Waals surface area contributed by atoms with Crippen molar-refractivity contribution < 1.29 is 4.74 Å². The lowest BCUT2D eigenvalue weighted by Gasteiger charge is -2.03. The summed E-state index contributed by atoms with van der Waals surface area (Å²) in [5, 5.41) is 3.31. The van der Waals surface area contributed by atoms with Crippen molar-refractivity contribution in [3.8, 4) is 0 Å². The molecule has 1 rings (SSSR count). The number of ether oxygens (including phenoxy) is 1. The SMILES string of the molecule is CCCn1ccnc1CC=CCCNCCOC. The Morgan fingerprint density at radius 1 is 1.39 bits per heavy atom. The normalized spacial score (nSPS) is 11.4. The van der Waals surface area contributed by atoms with Gasteiger partial charge in [-0.25, -0.2) is 4.98 Å². The predicted octanol–water partition coefficient (Wildman–Crippen LogP) is 2.02. The second kappa shape index (κ2) is 9.85. The van der Waals surface area contributed by atoms with Gasteiger partial charge in [0, 0.05) is 39.0 Å². The van der Waals surface area contributed by atoms with Crippen molar-refractivity contribution in [3.63, 3.8) is 0 Å². The third-order valence-electron chi connectivity index (χ3n) is 2.70. The lowest BCUT2D eigenvalue weighted by Crippen LogP contribution is -2.19. The number of hydrogen-bond acceptors (Lipinski definition) is 3. The molecule has 0 atom stereocenters. The highest BCUT2D eigenvalue weighted by molar-refractivity contribution is 4.99. The van der Waals surface area contributed by atoms with Gasteiger partial charge in [0.2, 0.25) is 0 Å². The molecule has 0 aliphatic carbocycles. The van der Waals surface area contributed by atoms with E-state index >= 15 is 0 Å². The first-order chi connectivity index (χ1) is 8.88. The Bertz CT molecular complexity index is 334. The minimum Gasteiger partial charge on any atom is -0.383 e. The van der Waals surface area contributed by atoms with Crippen LogP contribution in [0.1, 0.15) is 25.6 Å². The second-order valence-electron chi connectivity index (χ2n) is 4.24. The van der Waals surface area contributed by atoms with Crippen molar-refractivity contribution >= 4 is 0 Å². The van der Waals surface area contributed by atoms with Crippen LogP contribution in [0.25, 0.3) is 0 Å². The van der Waals surface area contributed by atoms with Gasteiger partial charge in [-0.05, 0) is 19.4 Å². The van der Waals surface area contributed by atoms with Crippen LogP contribution in [0.2, 0.25) is 0 Å². The summed E-state index contributed by atoms with van der Waals surface area (Å²) < 4.78 is 7.19. The van der Waals surface area contributed by atoms with Crippen LogP contribution in [0.5, 0.6) is 0 Å². The maximum Gasteiger partial charge on any atom is 0.112 e. The van der Waals surface area contributed by atoms with Gasteiger partial charge >= 0.3 is 0 Å². The molecule has 4 nitrogen and oxygen atoms in total. The van der Waals surface area contributed by atoms with Crippen molar-refractivity contribution in [2.24, 2.45) is 0 Å². The van der Waals surface area contributed by atoms with Crippen LogP contribution in [-0.4, -0.2) is 36.4 Å². The minimum absolute atomic E-state index is 0.776. The number of nitrogens with zero attached hydrogens (tertiary/aromatic N) is 2. The fourth-order valence-electron chi connectivity index (χ4n) is 1.77. The van der Waals surface area contributed by atoms with Gasteiger partial charge < -0.3 is 14.6 Å². The molecule has 1 N–H and O–H groups in total. The van der Waals surface area contributed by atoms with Gasteiger partial charge in [0.25, 0.3) is 0 Å². The molecule has 1 heterocycles. The quantitative estimate of drug-likeness (QED) is 0.511. The average molecular weight is 251 g/mol.